The lowest BCUT2D eigenvalue weighted by atomic mass is 9.90. The van der Waals surface area contributed by atoms with Gasteiger partial charge in [-0.1, -0.05) is 27.2 Å². The molecule has 1 rings (SSSR count). The highest BCUT2D eigenvalue weighted by Crippen LogP contribution is 2.19. The van der Waals surface area contributed by atoms with Gasteiger partial charge in [0.2, 0.25) is 5.91 Å². The lowest BCUT2D eigenvalue weighted by Crippen LogP contribution is -2.52. The SMILES string of the molecule is CCC1CCNC(C(=O)NCC(C(C)C)N(C)C)C1. The number of hydrogen-bond acceptors (Lipinski definition) is 3. The predicted octanol–water partition coefficient (Wildman–Crippen LogP) is 1.47. The summed E-state index contributed by atoms with van der Waals surface area (Å²) in [5.41, 5.74) is 0. The molecule has 4 heteroatoms. The summed E-state index contributed by atoms with van der Waals surface area (Å²) in [5, 5.41) is 6.46. The van der Waals surface area contributed by atoms with E-state index in [0.29, 0.717) is 17.9 Å². The number of nitrogens with zero attached hydrogens (tertiary/aromatic N) is 1. The third-order valence-corrected chi connectivity index (χ3v) is 4.32. The van der Waals surface area contributed by atoms with Crippen molar-refractivity contribution in [1.82, 2.24) is 15.5 Å². The fraction of sp³-hybridized carbons (Fsp3) is 0.933. The molecule has 0 aromatic carbocycles. The number of likely N-dealkylation sites (N-methyl/N-ethyl adjacent to an activating group) is 1. The average molecular weight is 269 g/mol. The Kier molecular flexibility index (Phi) is 6.80. The highest BCUT2D eigenvalue weighted by Gasteiger charge is 2.26. The van der Waals surface area contributed by atoms with E-state index < -0.39 is 0 Å². The molecular weight excluding hydrogens is 238 g/mol. The van der Waals surface area contributed by atoms with Gasteiger partial charge in [0.05, 0.1) is 6.04 Å². The van der Waals surface area contributed by atoms with Crippen molar-refractivity contribution in [1.29, 1.82) is 0 Å². The molecule has 0 aromatic rings. The fourth-order valence-corrected chi connectivity index (χ4v) is 2.91. The van der Waals surface area contributed by atoms with Crippen LogP contribution in [-0.2, 0) is 4.79 Å². The van der Waals surface area contributed by atoms with Gasteiger partial charge < -0.3 is 15.5 Å². The zero-order chi connectivity index (χ0) is 14.4. The molecule has 19 heavy (non-hydrogen) atoms. The summed E-state index contributed by atoms with van der Waals surface area (Å²) >= 11 is 0. The van der Waals surface area contributed by atoms with E-state index in [-0.39, 0.29) is 11.9 Å². The van der Waals surface area contributed by atoms with Gasteiger partial charge in [-0.25, -0.2) is 0 Å². The number of carbonyl (C=O) groups excluding carboxylic acids is 1. The number of carbonyl (C=O) groups is 1. The summed E-state index contributed by atoms with van der Waals surface area (Å²) in [5.74, 6) is 1.41. The smallest absolute Gasteiger partial charge is 0.237 e. The Morgan fingerprint density at radius 2 is 2.11 bits per heavy atom. The van der Waals surface area contributed by atoms with Crippen LogP contribution in [0.3, 0.4) is 0 Å². The first kappa shape index (κ1) is 16.4. The van der Waals surface area contributed by atoms with Gasteiger partial charge in [-0.05, 0) is 45.3 Å². The van der Waals surface area contributed by atoms with E-state index in [9.17, 15) is 4.79 Å². The largest absolute Gasteiger partial charge is 0.353 e. The monoisotopic (exact) mass is 269 g/mol. The Morgan fingerprint density at radius 1 is 1.42 bits per heavy atom. The molecule has 3 unspecified atom stereocenters. The highest BCUT2D eigenvalue weighted by molar-refractivity contribution is 5.81. The number of nitrogens with one attached hydrogen (secondary N) is 2. The summed E-state index contributed by atoms with van der Waals surface area (Å²) < 4.78 is 0. The van der Waals surface area contributed by atoms with Crippen LogP contribution in [0, 0.1) is 11.8 Å². The molecule has 1 amide bonds. The number of amides is 1. The Balaban J connectivity index is 2.41. The minimum absolute atomic E-state index is 0.00803. The third-order valence-electron chi connectivity index (χ3n) is 4.32. The van der Waals surface area contributed by atoms with E-state index in [1.165, 1.54) is 12.8 Å². The second kappa shape index (κ2) is 7.85. The van der Waals surface area contributed by atoms with Crippen LogP contribution in [-0.4, -0.2) is 50.1 Å². The number of hydrogen-bond donors (Lipinski definition) is 2. The molecule has 1 fully saturated rings. The van der Waals surface area contributed by atoms with Crippen molar-refractivity contribution in [3.63, 3.8) is 0 Å². The Hall–Kier alpha value is -0.610. The number of rotatable bonds is 6. The lowest BCUT2D eigenvalue weighted by Gasteiger charge is -2.31. The molecule has 4 nitrogen and oxygen atoms in total. The van der Waals surface area contributed by atoms with Gasteiger partial charge in [-0.15, -0.1) is 0 Å². The molecule has 0 radical (unpaired) electrons. The topological polar surface area (TPSA) is 44.4 Å². The predicted molar refractivity (Wildman–Crippen MR) is 80.1 cm³/mol. The van der Waals surface area contributed by atoms with Crippen LogP contribution in [0.2, 0.25) is 0 Å². The van der Waals surface area contributed by atoms with E-state index in [1.807, 2.05) is 0 Å². The number of piperidine rings is 1. The minimum Gasteiger partial charge on any atom is -0.353 e. The van der Waals surface area contributed by atoms with Crippen molar-refractivity contribution < 1.29 is 4.79 Å². The second-order valence-corrected chi connectivity index (χ2v) is 6.33. The van der Waals surface area contributed by atoms with Crippen molar-refractivity contribution in [2.45, 2.75) is 52.1 Å². The van der Waals surface area contributed by atoms with Gasteiger partial charge in [0.25, 0.3) is 0 Å². The Morgan fingerprint density at radius 3 is 2.63 bits per heavy atom. The standard InChI is InChI=1S/C15H31N3O/c1-6-12-7-8-16-13(9-12)15(19)17-10-14(11(2)3)18(4)5/h11-14,16H,6-10H2,1-5H3,(H,17,19). The van der Waals surface area contributed by atoms with Crippen LogP contribution in [0.4, 0.5) is 0 Å². The summed E-state index contributed by atoms with van der Waals surface area (Å²) in [7, 11) is 4.14. The van der Waals surface area contributed by atoms with E-state index in [1.54, 1.807) is 0 Å². The molecule has 0 aromatic heterocycles. The summed E-state index contributed by atoms with van der Waals surface area (Å²) in [6.07, 6.45) is 3.36. The first-order valence-electron chi connectivity index (χ1n) is 7.63. The molecule has 1 aliphatic rings. The molecule has 112 valence electrons. The third kappa shape index (κ3) is 5.11. The Bertz CT molecular complexity index is 271. The van der Waals surface area contributed by atoms with Gasteiger partial charge in [0.1, 0.15) is 0 Å². The maximum Gasteiger partial charge on any atom is 0.237 e. The second-order valence-electron chi connectivity index (χ2n) is 6.33. The van der Waals surface area contributed by atoms with Gasteiger partial charge in [0.15, 0.2) is 0 Å². The molecule has 2 N–H and O–H groups in total. The fourth-order valence-electron chi connectivity index (χ4n) is 2.91. The summed E-state index contributed by atoms with van der Waals surface area (Å²) in [6.45, 7) is 8.31. The van der Waals surface area contributed by atoms with Gasteiger partial charge in [-0.2, -0.15) is 0 Å². The molecule has 0 saturated carbocycles. The molecular formula is C15H31N3O. The first-order chi connectivity index (χ1) is 8.95. The van der Waals surface area contributed by atoms with Crippen LogP contribution in [0.5, 0.6) is 0 Å². The highest BCUT2D eigenvalue weighted by atomic mass is 16.2. The van der Waals surface area contributed by atoms with E-state index in [0.717, 1.165) is 19.5 Å². The van der Waals surface area contributed by atoms with Crippen molar-refractivity contribution in [3.05, 3.63) is 0 Å². The lowest BCUT2D eigenvalue weighted by molar-refractivity contribution is -0.124. The van der Waals surface area contributed by atoms with Crippen LogP contribution in [0.1, 0.15) is 40.0 Å². The van der Waals surface area contributed by atoms with Crippen LogP contribution in [0.25, 0.3) is 0 Å². The summed E-state index contributed by atoms with van der Waals surface area (Å²) in [6, 6.07) is 0.406. The van der Waals surface area contributed by atoms with E-state index in [4.69, 9.17) is 0 Å². The van der Waals surface area contributed by atoms with Crippen LogP contribution >= 0.6 is 0 Å². The molecule has 0 bridgehead atoms. The van der Waals surface area contributed by atoms with Gasteiger partial charge >= 0.3 is 0 Å². The van der Waals surface area contributed by atoms with E-state index in [2.05, 4.69) is 50.4 Å². The Labute approximate surface area is 118 Å². The maximum atomic E-state index is 12.2. The molecule has 1 heterocycles. The van der Waals surface area contributed by atoms with Crippen LogP contribution in [0.15, 0.2) is 0 Å². The van der Waals surface area contributed by atoms with Crippen molar-refractivity contribution >= 4 is 5.91 Å². The minimum atomic E-state index is 0.00803. The van der Waals surface area contributed by atoms with Gasteiger partial charge in [0, 0.05) is 12.6 Å². The first-order valence-corrected chi connectivity index (χ1v) is 7.63. The van der Waals surface area contributed by atoms with Gasteiger partial charge in [-0.3, -0.25) is 4.79 Å². The molecule has 0 aliphatic carbocycles. The summed E-state index contributed by atoms with van der Waals surface area (Å²) in [4.78, 5) is 14.4. The van der Waals surface area contributed by atoms with Crippen molar-refractivity contribution in [2.75, 3.05) is 27.2 Å². The molecule has 3 atom stereocenters. The molecule has 0 spiro atoms. The van der Waals surface area contributed by atoms with Crippen molar-refractivity contribution in [3.8, 4) is 0 Å². The van der Waals surface area contributed by atoms with Crippen LogP contribution < -0.4 is 10.6 Å². The maximum absolute atomic E-state index is 12.2. The van der Waals surface area contributed by atoms with E-state index >= 15 is 0 Å². The molecule has 1 saturated heterocycles. The van der Waals surface area contributed by atoms with Crippen molar-refractivity contribution in [2.24, 2.45) is 11.8 Å². The molecule has 1 aliphatic heterocycles. The zero-order valence-corrected chi connectivity index (χ0v) is 13.2. The normalized spacial score (nSPS) is 25.6. The average Bonchev–Trinajstić information content (AvgIpc) is 2.38. The quantitative estimate of drug-likeness (QED) is 0.767. The zero-order valence-electron chi connectivity index (χ0n) is 13.2.